The number of benzene rings is 1. The molecule has 0 atom stereocenters. The largest absolute Gasteiger partial charge is 0.345 e. The molecule has 2 rings (SSSR count). The van der Waals surface area contributed by atoms with Gasteiger partial charge in [-0.05, 0) is 35.6 Å². The lowest BCUT2D eigenvalue weighted by Gasteiger charge is -2.05. The SMILES string of the molecule is CN(C)C(=O)/C=C/CCc1ccc2c(c1)CNC2. The Bertz CT molecular complexity index is 464. The zero-order valence-electron chi connectivity index (χ0n) is 11.1. The minimum Gasteiger partial charge on any atom is -0.345 e. The van der Waals surface area contributed by atoms with Gasteiger partial charge < -0.3 is 10.2 Å². The first kappa shape index (κ1) is 12.8. The van der Waals surface area contributed by atoms with E-state index in [9.17, 15) is 4.79 Å². The summed E-state index contributed by atoms with van der Waals surface area (Å²) < 4.78 is 0. The Hall–Kier alpha value is -1.61. The van der Waals surface area contributed by atoms with Gasteiger partial charge in [0.15, 0.2) is 0 Å². The number of carbonyl (C=O) groups excluding carboxylic acids is 1. The molecular formula is C15H20N2O. The highest BCUT2D eigenvalue weighted by Gasteiger charge is 2.09. The van der Waals surface area contributed by atoms with Gasteiger partial charge in [0.05, 0.1) is 0 Å². The fraction of sp³-hybridized carbons (Fsp3) is 0.400. The van der Waals surface area contributed by atoms with Gasteiger partial charge in [0, 0.05) is 27.2 Å². The summed E-state index contributed by atoms with van der Waals surface area (Å²) >= 11 is 0. The maximum absolute atomic E-state index is 11.3. The van der Waals surface area contributed by atoms with Gasteiger partial charge in [-0.25, -0.2) is 0 Å². The van der Waals surface area contributed by atoms with Crippen LogP contribution in [-0.2, 0) is 24.3 Å². The lowest BCUT2D eigenvalue weighted by Crippen LogP contribution is -2.18. The topological polar surface area (TPSA) is 32.3 Å². The van der Waals surface area contributed by atoms with Gasteiger partial charge in [-0.2, -0.15) is 0 Å². The van der Waals surface area contributed by atoms with Crippen molar-refractivity contribution in [2.24, 2.45) is 0 Å². The number of hydrogen-bond acceptors (Lipinski definition) is 2. The van der Waals surface area contributed by atoms with Crippen LogP contribution in [0.4, 0.5) is 0 Å². The fourth-order valence-corrected chi connectivity index (χ4v) is 2.09. The number of likely N-dealkylation sites (N-methyl/N-ethyl adjacent to an activating group) is 1. The summed E-state index contributed by atoms with van der Waals surface area (Å²) in [4.78, 5) is 12.9. The average molecular weight is 244 g/mol. The van der Waals surface area contributed by atoms with E-state index in [4.69, 9.17) is 0 Å². The van der Waals surface area contributed by atoms with Crippen molar-refractivity contribution >= 4 is 5.91 Å². The van der Waals surface area contributed by atoms with E-state index in [2.05, 4.69) is 23.5 Å². The van der Waals surface area contributed by atoms with Crippen LogP contribution in [0, 0.1) is 0 Å². The maximum atomic E-state index is 11.3. The maximum Gasteiger partial charge on any atom is 0.245 e. The number of nitrogens with zero attached hydrogens (tertiary/aromatic N) is 1. The van der Waals surface area contributed by atoms with Crippen LogP contribution in [0.3, 0.4) is 0 Å². The molecule has 18 heavy (non-hydrogen) atoms. The molecule has 0 fully saturated rings. The second-order valence-electron chi connectivity index (χ2n) is 4.88. The van der Waals surface area contributed by atoms with Gasteiger partial charge in [0.1, 0.15) is 0 Å². The van der Waals surface area contributed by atoms with Gasteiger partial charge in [-0.15, -0.1) is 0 Å². The van der Waals surface area contributed by atoms with E-state index in [0.717, 1.165) is 25.9 Å². The highest BCUT2D eigenvalue weighted by Crippen LogP contribution is 2.17. The summed E-state index contributed by atoms with van der Waals surface area (Å²) in [6.45, 7) is 1.98. The quantitative estimate of drug-likeness (QED) is 0.820. The van der Waals surface area contributed by atoms with E-state index in [1.807, 2.05) is 6.08 Å². The van der Waals surface area contributed by atoms with E-state index < -0.39 is 0 Å². The molecule has 0 unspecified atom stereocenters. The molecule has 1 aromatic rings. The number of fused-ring (bicyclic) bond motifs is 1. The summed E-state index contributed by atoms with van der Waals surface area (Å²) in [6.07, 6.45) is 5.50. The number of aryl methyl sites for hydroxylation is 1. The van der Waals surface area contributed by atoms with E-state index in [-0.39, 0.29) is 5.91 Å². The molecule has 0 radical (unpaired) electrons. The minimum atomic E-state index is 0.0492. The lowest BCUT2D eigenvalue weighted by molar-refractivity contribution is -0.123. The molecule has 1 aromatic carbocycles. The molecule has 1 amide bonds. The first-order chi connectivity index (χ1) is 8.66. The number of rotatable bonds is 4. The smallest absolute Gasteiger partial charge is 0.245 e. The Morgan fingerprint density at radius 2 is 2.11 bits per heavy atom. The first-order valence-corrected chi connectivity index (χ1v) is 6.36. The van der Waals surface area contributed by atoms with Crippen LogP contribution in [0.15, 0.2) is 30.4 Å². The first-order valence-electron chi connectivity index (χ1n) is 6.36. The Morgan fingerprint density at radius 1 is 1.33 bits per heavy atom. The molecule has 1 aliphatic rings. The second-order valence-corrected chi connectivity index (χ2v) is 4.88. The molecule has 0 aliphatic carbocycles. The van der Waals surface area contributed by atoms with Gasteiger partial charge in [-0.1, -0.05) is 24.3 Å². The Morgan fingerprint density at radius 3 is 2.89 bits per heavy atom. The number of nitrogens with one attached hydrogen (secondary N) is 1. The lowest BCUT2D eigenvalue weighted by atomic mass is 10.0. The van der Waals surface area contributed by atoms with Crippen LogP contribution in [0.1, 0.15) is 23.1 Å². The van der Waals surface area contributed by atoms with E-state index in [1.165, 1.54) is 16.7 Å². The predicted octanol–water partition coefficient (Wildman–Crippen LogP) is 1.87. The zero-order chi connectivity index (χ0) is 13.0. The summed E-state index contributed by atoms with van der Waals surface area (Å²) in [6, 6.07) is 6.67. The summed E-state index contributed by atoms with van der Waals surface area (Å²) in [5, 5.41) is 3.35. The molecule has 0 aromatic heterocycles. The van der Waals surface area contributed by atoms with E-state index in [1.54, 1.807) is 25.1 Å². The fourth-order valence-electron chi connectivity index (χ4n) is 2.09. The van der Waals surface area contributed by atoms with E-state index >= 15 is 0 Å². The predicted molar refractivity (Wildman–Crippen MR) is 73.1 cm³/mol. The molecule has 0 bridgehead atoms. The standard InChI is InChI=1S/C15H20N2O/c1-17(2)15(18)6-4-3-5-12-7-8-13-10-16-11-14(13)9-12/h4,6-9,16H,3,5,10-11H2,1-2H3/b6-4+. The van der Waals surface area contributed by atoms with Crippen molar-refractivity contribution in [2.75, 3.05) is 14.1 Å². The normalized spacial score (nSPS) is 13.9. The number of amides is 1. The van der Waals surface area contributed by atoms with Crippen LogP contribution in [0.25, 0.3) is 0 Å². The molecular weight excluding hydrogens is 224 g/mol. The summed E-state index contributed by atoms with van der Waals surface area (Å²) in [5.74, 6) is 0.0492. The van der Waals surface area contributed by atoms with E-state index in [0.29, 0.717) is 0 Å². The molecule has 3 nitrogen and oxygen atoms in total. The van der Waals surface area contributed by atoms with Gasteiger partial charge in [0.2, 0.25) is 5.91 Å². The van der Waals surface area contributed by atoms with Crippen molar-refractivity contribution in [3.05, 3.63) is 47.0 Å². The Labute approximate surface area is 108 Å². The summed E-state index contributed by atoms with van der Waals surface area (Å²) in [5.41, 5.74) is 4.18. The number of allylic oxidation sites excluding steroid dienone is 1. The third-order valence-corrected chi connectivity index (χ3v) is 3.20. The highest BCUT2D eigenvalue weighted by molar-refractivity contribution is 5.87. The zero-order valence-corrected chi connectivity index (χ0v) is 11.1. The third kappa shape index (κ3) is 3.20. The van der Waals surface area contributed by atoms with Crippen molar-refractivity contribution < 1.29 is 4.79 Å². The molecule has 1 heterocycles. The van der Waals surface area contributed by atoms with Crippen molar-refractivity contribution in [1.29, 1.82) is 0 Å². The van der Waals surface area contributed by atoms with Crippen molar-refractivity contribution in [2.45, 2.75) is 25.9 Å². The third-order valence-electron chi connectivity index (χ3n) is 3.20. The average Bonchev–Trinajstić information content (AvgIpc) is 2.81. The Balaban J connectivity index is 1.86. The van der Waals surface area contributed by atoms with Crippen LogP contribution in [0.2, 0.25) is 0 Å². The number of hydrogen-bond donors (Lipinski definition) is 1. The van der Waals surface area contributed by atoms with Crippen molar-refractivity contribution in [1.82, 2.24) is 10.2 Å². The van der Waals surface area contributed by atoms with Gasteiger partial charge in [-0.3, -0.25) is 4.79 Å². The van der Waals surface area contributed by atoms with Crippen molar-refractivity contribution in [3.63, 3.8) is 0 Å². The Kier molecular flexibility index (Phi) is 4.15. The molecule has 96 valence electrons. The van der Waals surface area contributed by atoms with Gasteiger partial charge in [0.25, 0.3) is 0 Å². The van der Waals surface area contributed by atoms with Gasteiger partial charge >= 0.3 is 0 Å². The molecule has 1 N–H and O–H groups in total. The minimum absolute atomic E-state index is 0.0492. The molecule has 0 saturated carbocycles. The summed E-state index contributed by atoms with van der Waals surface area (Å²) in [7, 11) is 3.53. The second kappa shape index (κ2) is 5.83. The van der Waals surface area contributed by atoms with Crippen molar-refractivity contribution in [3.8, 4) is 0 Å². The molecule has 0 spiro atoms. The molecule has 0 saturated heterocycles. The monoisotopic (exact) mass is 244 g/mol. The van der Waals surface area contributed by atoms with Crippen LogP contribution < -0.4 is 5.32 Å². The highest BCUT2D eigenvalue weighted by atomic mass is 16.2. The van der Waals surface area contributed by atoms with Crippen LogP contribution in [-0.4, -0.2) is 24.9 Å². The number of carbonyl (C=O) groups is 1. The van der Waals surface area contributed by atoms with Crippen LogP contribution in [0.5, 0.6) is 0 Å². The van der Waals surface area contributed by atoms with Crippen LogP contribution >= 0.6 is 0 Å². The molecule has 3 heteroatoms. The molecule has 1 aliphatic heterocycles.